The lowest BCUT2D eigenvalue weighted by Crippen LogP contribution is -2.06. The van der Waals surface area contributed by atoms with E-state index in [0.717, 1.165) is 0 Å². The molecule has 0 atom stereocenters. The Balaban J connectivity index is 3.17. The molecule has 0 bridgehead atoms. The minimum atomic E-state index is -4.04. The van der Waals surface area contributed by atoms with Crippen LogP contribution in [0.4, 0.5) is 13.2 Å². The molecule has 0 aromatic rings. The first kappa shape index (κ1) is 8.46. The maximum atomic E-state index is 11.3. The lowest BCUT2D eigenvalue weighted by Gasteiger charge is -2.02. The van der Waals surface area contributed by atoms with Crippen LogP contribution in [0.1, 0.15) is 12.8 Å². The van der Waals surface area contributed by atoms with Gasteiger partial charge in [0, 0.05) is 13.0 Å². The second-order valence-electron chi connectivity index (χ2n) is 1.67. The van der Waals surface area contributed by atoms with Crippen LogP contribution in [0.15, 0.2) is 4.99 Å². The number of alkyl halides is 3. The van der Waals surface area contributed by atoms with Crippen molar-refractivity contribution in [2.24, 2.45) is 4.99 Å². The van der Waals surface area contributed by atoms with E-state index in [9.17, 15) is 13.2 Å². The molecule has 0 radical (unpaired) electrons. The molecule has 0 spiro atoms. The largest absolute Gasteiger partial charge is 0.389 e. The molecule has 9 heavy (non-hydrogen) atoms. The number of halogens is 3. The first-order chi connectivity index (χ1) is 4.06. The van der Waals surface area contributed by atoms with E-state index in [4.69, 9.17) is 0 Å². The Hall–Kier alpha value is -0.540. The van der Waals surface area contributed by atoms with E-state index in [1.807, 2.05) is 0 Å². The van der Waals surface area contributed by atoms with E-state index in [1.54, 1.807) is 0 Å². The molecule has 0 fully saturated rings. The maximum Gasteiger partial charge on any atom is 0.389 e. The zero-order chi connectivity index (χ0) is 7.33. The summed E-state index contributed by atoms with van der Waals surface area (Å²) in [5.41, 5.74) is 0. The Morgan fingerprint density at radius 2 is 1.89 bits per heavy atom. The van der Waals surface area contributed by atoms with Crippen LogP contribution in [0, 0.1) is 0 Å². The van der Waals surface area contributed by atoms with Crippen LogP contribution in [-0.4, -0.2) is 19.4 Å². The Morgan fingerprint density at radius 1 is 1.33 bits per heavy atom. The Morgan fingerprint density at radius 3 is 2.22 bits per heavy atom. The van der Waals surface area contributed by atoms with Gasteiger partial charge in [-0.2, -0.15) is 13.2 Å². The lowest BCUT2D eigenvalue weighted by atomic mass is 10.3. The van der Waals surface area contributed by atoms with Gasteiger partial charge in [-0.3, -0.25) is 0 Å². The number of aliphatic imine (C=N–C) groups is 1. The highest BCUT2D eigenvalue weighted by molar-refractivity contribution is 5.22. The Kier molecular flexibility index (Phi) is 3.27. The smallest absolute Gasteiger partial charge is 0.301 e. The second-order valence-corrected chi connectivity index (χ2v) is 1.67. The molecule has 54 valence electrons. The van der Waals surface area contributed by atoms with Gasteiger partial charge in [0.1, 0.15) is 0 Å². The number of hydrogen-bond donors (Lipinski definition) is 0. The van der Waals surface area contributed by atoms with Crippen molar-refractivity contribution >= 4 is 6.72 Å². The van der Waals surface area contributed by atoms with Gasteiger partial charge in [-0.1, -0.05) is 0 Å². The minimum absolute atomic E-state index is 0.0486. The van der Waals surface area contributed by atoms with Gasteiger partial charge in [-0.05, 0) is 13.1 Å². The normalized spacial score (nSPS) is 11.4. The number of rotatable bonds is 3. The predicted molar refractivity (Wildman–Crippen MR) is 29.7 cm³/mol. The zero-order valence-electron chi connectivity index (χ0n) is 4.91. The van der Waals surface area contributed by atoms with Crippen molar-refractivity contribution in [1.82, 2.24) is 0 Å². The summed E-state index contributed by atoms with van der Waals surface area (Å²) >= 11 is 0. The average molecular weight is 139 g/mol. The molecule has 0 amide bonds. The van der Waals surface area contributed by atoms with Crippen LogP contribution >= 0.6 is 0 Å². The predicted octanol–water partition coefficient (Wildman–Crippen LogP) is 2.03. The van der Waals surface area contributed by atoms with Crippen LogP contribution in [0.5, 0.6) is 0 Å². The third-order valence-corrected chi connectivity index (χ3v) is 0.776. The molecule has 0 rings (SSSR count). The van der Waals surface area contributed by atoms with Crippen LogP contribution < -0.4 is 0 Å². The maximum absolute atomic E-state index is 11.3. The zero-order valence-corrected chi connectivity index (χ0v) is 4.91. The standard InChI is InChI=1S/C5H8F3N/c1-9-4-2-3-5(6,7)8/h1-4H2. The van der Waals surface area contributed by atoms with E-state index in [-0.39, 0.29) is 13.0 Å². The summed E-state index contributed by atoms with van der Waals surface area (Å²) in [5, 5.41) is 0. The monoisotopic (exact) mass is 139 g/mol. The van der Waals surface area contributed by atoms with Crippen molar-refractivity contribution < 1.29 is 13.2 Å². The first-order valence-corrected chi connectivity index (χ1v) is 2.55. The highest BCUT2D eigenvalue weighted by Gasteiger charge is 2.25. The van der Waals surface area contributed by atoms with Gasteiger partial charge in [0.05, 0.1) is 0 Å². The summed E-state index contributed by atoms with van der Waals surface area (Å²) in [4.78, 5) is 3.29. The molecule has 0 saturated carbocycles. The summed E-state index contributed by atoms with van der Waals surface area (Å²) in [6.45, 7) is 3.26. The van der Waals surface area contributed by atoms with Crippen molar-refractivity contribution in [2.75, 3.05) is 6.54 Å². The third kappa shape index (κ3) is 7.46. The minimum Gasteiger partial charge on any atom is -0.301 e. The van der Waals surface area contributed by atoms with Crippen molar-refractivity contribution in [2.45, 2.75) is 19.0 Å². The van der Waals surface area contributed by atoms with Crippen molar-refractivity contribution in [3.8, 4) is 0 Å². The van der Waals surface area contributed by atoms with E-state index >= 15 is 0 Å². The highest BCUT2D eigenvalue weighted by Crippen LogP contribution is 2.20. The molecule has 0 aliphatic heterocycles. The highest BCUT2D eigenvalue weighted by atomic mass is 19.4. The van der Waals surface area contributed by atoms with Crippen molar-refractivity contribution in [1.29, 1.82) is 0 Å². The summed E-state index contributed by atoms with van der Waals surface area (Å²) in [7, 11) is 0. The van der Waals surface area contributed by atoms with Gasteiger partial charge in [0.2, 0.25) is 0 Å². The third-order valence-electron chi connectivity index (χ3n) is 0.776. The van der Waals surface area contributed by atoms with Gasteiger partial charge in [-0.15, -0.1) is 0 Å². The van der Waals surface area contributed by atoms with Gasteiger partial charge in [0.25, 0.3) is 0 Å². The molecule has 0 aromatic heterocycles. The first-order valence-electron chi connectivity index (χ1n) is 2.55. The fourth-order valence-electron chi connectivity index (χ4n) is 0.391. The fraction of sp³-hybridized carbons (Fsp3) is 0.800. The number of nitrogens with zero attached hydrogens (tertiary/aromatic N) is 1. The molecule has 0 unspecified atom stereocenters. The topological polar surface area (TPSA) is 12.4 Å². The van der Waals surface area contributed by atoms with E-state index in [0.29, 0.717) is 0 Å². The van der Waals surface area contributed by atoms with Gasteiger partial charge in [0.15, 0.2) is 0 Å². The Labute approximate surface area is 51.6 Å². The van der Waals surface area contributed by atoms with Crippen LogP contribution in [0.3, 0.4) is 0 Å². The molecule has 0 aliphatic rings. The molecule has 4 heteroatoms. The van der Waals surface area contributed by atoms with Gasteiger partial charge >= 0.3 is 6.18 Å². The molecular formula is C5H8F3N. The van der Waals surface area contributed by atoms with Crippen molar-refractivity contribution in [3.63, 3.8) is 0 Å². The summed E-state index contributed by atoms with van der Waals surface area (Å²) in [5.74, 6) is 0. The number of hydrogen-bond acceptors (Lipinski definition) is 1. The van der Waals surface area contributed by atoms with Crippen LogP contribution in [0.25, 0.3) is 0 Å². The van der Waals surface area contributed by atoms with E-state index in [1.165, 1.54) is 0 Å². The SMILES string of the molecule is C=NCCCC(F)(F)F. The van der Waals surface area contributed by atoms with Crippen molar-refractivity contribution in [3.05, 3.63) is 0 Å². The Bertz CT molecular complexity index is 86.7. The average Bonchev–Trinajstić information content (AvgIpc) is 1.63. The molecule has 0 N–H and O–H groups in total. The van der Waals surface area contributed by atoms with E-state index in [2.05, 4.69) is 11.7 Å². The van der Waals surface area contributed by atoms with Gasteiger partial charge in [-0.25, -0.2) is 0 Å². The van der Waals surface area contributed by atoms with Gasteiger partial charge < -0.3 is 4.99 Å². The van der Waals surface area contributed by atoms with Crippen LogP contribution in [0.2, 0.25) is 0 Å². The fourth-order valence-corrected chi connectivity index (χ4v) is 0.391. The summed E-state index contributed by atoms with van der Waals surface area (Å²) in [6.07, 6.45) is -4.75. The molecule has 0 heterocycles. The summed E-state index contributed by atoms with van der Waals surface area (Å²) < 4.78 is 34.0. The van der Waals surface area contributed by atoms with Crippen LogP contribution in [-0.2, 0) is 0 Å². The molecule has 0 aliphatic carbocycles. The van der Waals surface area contributed by atoms with E-state index < -0.39 is 12.6 Å². The lowest BCUT2D eigenvalue weighted by molar-refractivity contribution is -0.134. The molecular weight excluding hydrogens is 131 g/mol. The quantitative estimate of drug-likeness (QED) is 0.419. The molecule has 0 aromatic carbocycles. The second kappa shape index (κ2) is 3.48. The molecule has 0 saturated heterocycles. The molecule has 1 nitrogen and oxygen atoms in total. The summed E-state index contributed by atoms with van der Waals surface area (Å²) in [6, 6.07) is 0.